The molecule has 0 aromatic heterocycles. The molecule has 0 saturated carbocycles. The molecule has 8 nitrogen and oxygen atoms in total. The van der Waals surface area contributed by atoms with E-state index in [1.165, 1.54) is 19.2 Å². The van der Waals surface area contributed by atoms with Crippen LogP contribution in [0.15, 0.2) is 47.4 Å². The molecule has 2 N–H and O–H groups in total. The zero-order chi connectivity index (χ0) is 24.0. The van der Waals surface area contributed by atoms with E-state index in [-0.39, 0.29) is 34.2 Å². The summed E-state index contributed by atoms with van der Waals surface area (Å²) in [4.78, 5) is 15.3. The number of likely N-dealkylation sites (tertiary alicyclic amines) is 1. The van der Waals surface area contributed by atoms with Gasteiger partial charge in [-0.25, -0.2) is 13.1 Å². The highest BCUT2D eigenvalue weighted by atomic mass is 32.2. The summed E-state index contributed by atoms with van der Waals surface area (Å²) < 4.78 is 38.5. The molecule has 1 aliphatic heterocycles. The molecule has 1 aliphatic rings. The number of benzene rings is 2. The molecule has 0 bridgehead atoms. The molecule has 0 aliphatic carbocycles. The zero-order valence-electron chi connectivity index (χ0n) is 19.6. The lowest BCUT2D eigenvalue weighted by Gasteiger charge is -2.28. The number of nitrogens with zero attached hydrogens (tertiary/aromatic N) is 1. The Bertz CT molecular complexity index is 1050. The van der Waals surface area contributed by atoms with E-state index in [1.54, 1.807) is 27.0 Å². The van der Waals surface area contributed by atoms with E-state index in [2.05, 4.69) is 14.9 Å². The van der Waals surface area contributed by atoms with Crippen LogP contribution in [-0.4, -0.2) is 59.1 Å². The van der Waals surface area contributed by atoms with Gasteiger partial charge in [-0.15, -0.1) is 0 Å². The minimum atomic E-state index is -3.83. The number of carbonyl (C=O) groups is 1. The van der Waals surface area contributed by atoms with Crippen LogP contribution in [0.3, 0.4) is 0 Å². The number of amides is 1. The summed E-state index contributed by atoms with van der Waals surface area (Å²) in [7, 11) is -0.793. The van der Waals surface area contributed by atoms with Crippen LogP contribution in [0.4, 0.5) is 0 Å². The van der Waals surface area contributed by atoms with E-state index in [9.17, 15) is 13.2 Å². The third-order valence-electron chi connectivity index (χ3n) is 5.64. The fraction of sp³-hybridized carbons (Fsp3) is 0.458. The van der Waals surface area contributed by atoms with Crippen LogP contribution >= 0.6 is 0 Å². The number of carbonyl (C=O) groups excluding carboxylic acids is 1. The van der Waals surface area contributed by atoms with Crippen molar-refractivity contribution in [3.05, 3.63) is 53.6 Å². The second-order valence-electron chi connectivity index (χ2n) is 8.38. The first kappa shape index (κ1) is 25.0. The molecular weight excluding hydrogens is 442 g/mol. The van der Waals surface area contributed by atoms with Crippen molar-refractivity contribution in [1.82, 2.24) is 14.9 Å². The molecule has 2 aromatic carbocycles. The van der Waals surface area contributed by atoms with Crippen molar-refractivity contribution in [3.8, 4) is 11.5 Å². The highest BCUT2D eigenvalue weighted by Gasteiger charge is 2.26. The molecule has 33 heavy (non-hydrogen) atoms. The molecule has 1 atom stereocenters. The lowest BCUT2D eigenvalue weighted by molar-refractivity contribution is 0.0937. The molecule has 180 valence electrons. The molecule has 1 fully saturated rings. The van der Waals surface area contributed by atoms with E-state index in [0.29, 0.717) is 6.54 Å². The monoisotopic (exact) mass is 475 g/mol. The fourth-order valence-corrected chi connectivity index (χ4v) is 5.48. The Labute approximate surface area is 196 Å². The molecule has 3 rings (SSSR count). The van der Waals surface area contributed by atoms with Crippen LogP contribution in [0, 0.1) is 0 Å². The molecular formula is C24H33N3O5S. The van der Waals surface area contributed by atoms with Crippen LogP contribution in [0.2, 0.25) is 0 Å². The summed E-state index contributed by atoms with van der Waals surface area (Å²) in [6.07, 6.45) is 2.26. The SMILES string of the molecule is COc1ccc([C@H](CNC(=O)c2ccc(OC)c(S(=O)(=O)NC(C)C)c2)N2CCCC2)cc1. The van der Waals surface area contributed by atoms with Crippen LogP contribution < -0.4 is 19.5 Å². The number of sulfonamides is 1. The van der Waals surface area contributed by atoms with Gasteiger partial charge in [-0.05, 0) is 75.7 Å². The summed E-state index contributed by atoms with van der Waals surface area (Å²) in [5.74, 6) is 0.633. The maximum absolute atomic E-state index is 13.0. The van der Waals surface area contributed by atoms with Crippen molar-refractivity contribution >= 4 is 15.9 Å². The normalized spacial score (nSPS) is 15.4. The number of hydrogen-bond donors (Lipinski definition) is 2. The molecule has 1 saturated heterocycles. The van der Waals surface area contributed by atoms with Crippen molar-refractivity contribution < 1.29 is 22.7 Å². The maximum Gasteiger partial charge on any atom is 0.251 e. The Morgan fingerprint density at radius 1 is 1.03 bits per heavy atom. The second-order valence-corrected chi connectivity index (χ2v) is 10.1. The van der Waals surface area contributed by atoms with Gasteiger partial charge >= 0.3 is 0 Å². The lowest BCUT2D eigenvalue weighted by Crippen LogP contribution is -2.37. The van der Waals surface area contributed by atoms with Crippen LogP contribution in [0.1, 0.15) is 48.7 Å². The van der Waals surface area contributed by atoms with Crippen molar-refractivity contribution in [2.24, 2.45) is 0 Å². The first-order valence-corrected chi connectivity index (χ1v) is 12.6. The van der Waals surface area contributed by atoms with Gasteiger partial charge in [-0.3, -0.25) is 9.69 Å². The number of ether oxygens (including phenoxy) is 2. The summed E-state index contributed by atoms with van der Waals surface area (Å²) in [5.41, 5.74) is 1.35. The molecule has 0 unspecified atom stereocenters. The van der Waals surface area contributed by atoms with Gasteiger partial charge in [0.05, 0.1) is 20.3 Å². The van der Waals surface area contributed by atoms with Gasteiger partial charge in [0, 0.05) is 18.2 Å². The largest absolute Gasteiger partial charge is 0.497 e. The molecule has 0 spiro atoms. The van der Waals surface area contributed by atoms with Crippen molar-refractivity contribution in [2.75, 3.05) is 33.9 Å². The predicted molar refractivity (Wildman–Crippen MR) is 127 cm³/mol. The fourth-order valence-electron chi connectivity index (χ4n) is 4.03. The van der Waals surface area contributed by atoms with Gasteiger partial charge in [0.25, 0.3) is 5.91 Å². The predicted octanol–water partition coefficient (Wildman–Crippen LogP) is 2.96. The van der Waals surface area contributed by atoms with Crippen LogP contribution in [0.5, 0.6) is 11.5 Å². The third-order valence-corrected chi connectivity index (χ3v) is 7.32. The highest BCUT2D eigenvalue weighted by Crippen LogP contribution is 2.27. The van der Waals surface area contributed by atoms with Crippen molar-refractivity contribution in [1.29, 1.82) is 0 Å². The lowest BCUT2D eigenvalue weighted by atomic mass is 10.0. The molecule has 1 heterocycles. The van der Waals surface area contributed by atoms with Gasteiger partial charge in [0.1, 0.15) is 16.4 Å². The Kier molecular flexibility index (Phi) is 8.34. The van der Waals surface area contributed by atoms with E-state index in [0.717, 1.165) is 37.2 Å². The summed E-state index contributed by atoms with van der Waals surface area (Å²) in [5, 5.41) is 2.99. The number of nitrogens with one attached hydrogen (secondary N) is 2. The van der Waals surface area contributed by atoms with Gasteiger partial charge in [0.15, 0.2) is 0 Å². The first-order chi connectivity index (χ1) is 15.7. The van der Waals surface area contributed by atoms with E-state index >= 15 is 0 Å². The highest BCUT2D eigenvalue weighted by molar-refractivity contribution is 7.89. The minimum absolute atomic E-state index is 0.0198. The van der Waals surface area contributed by atoms with Gasteiger partial charge in [-0.1, -0.05) is 12.1 Å². The molecule has 1 amide bonds. The Morgan fingerprint density at radius 3 is 2.27 bits per heavy atom. The summed E-state index contributed by atoms with van der Waals surface area (Å²) in [6.45, 7) is 5.82. The molecule has 0 radical (unpaired) electrons. The number of hydrogen-bond acceptors (Lipinski definition) is 6. The topological polar surface area (TPSA) is 97.0 Å². The number of rotatable bonds is 10. The third kappa shape index (κ3) is 6.25. The first-order valence-electron chi connectivity index (χ1n) is 11.1. The van der Waals surface area contributed by atoms with Crippen LogP contribution in [-0.2, 0) is 10.0 Å². The van der Waals surface area contributed by atoms with Gasteiger partial charge in [-0.2, -0.15) is 0 Å². The summed E-state index contributed by atoms with van der Waals surface area (Å²) >= 11 is 0. The Morgan fingerprint density at radius 2 is 1.70 bits per heavy atom. The average molecular weight is 476 g/mol. The van der Waals surface area contributed by atoms with Crippen molar-refractivity contribution in [2.45, 2.75) is 43.7 Å². The van der Waals surface area contributed by atoms with Crippen molar-refractivity contribution in [3.63, 3.8) is 0 Å². The Hall–Kier alpha value is -2.62. The molecule has 2 aromatic rings. The average Bonchev–Trinajstić information content (AvgIpc) is 3.33. The molecule has 9 heteroatoms. The van der Waals surface area contributed by atoms with E-state index in [1.807, 2.05) is 24.3 Å². The van der Waals surface area contributed by atoms with Gasteiger partial charge in [0.2, 0.25) is 10.0 Å². The van der Waals surface area contributed by atoms with E-state index < -0.39 is 10.0 Å². The van der Waals surface area contributed by atoms with E-state index in [4.69, 9.17) is 9.47 Å². The second kappa shape index (κ2) is 11.0. The quantitative estimate of drug-likeness (QED) is 0.548. The standard InChI is InChI=1S/C24H33N3O5S/c1-17(2)26-33(29,30)23-15-19(9-12-22(23)32-4)24(28)25-16-21(27-13-5-6-14-27)18-7-10-20(31-3)11-8-18/h7-12,15,17,21,26H,5-6,13-14,16H2,1-4H3,(H,25,28)/t21-/m0/s1. The smallest absolute Gasteiger partial charge is 0.251 e. The minimum Gasteiger partial charge on any atom is -0.497 e. The zero-order valence-corrected chi connectivity index (χ0v) is 20.4. The van der Waals surface area contributed by atoms with Gasteiger partial charge < -0.3 is 14.8 Å². The Balaban J connectivity index is 1.80. The maximum atomic E-state index is 13.0. The summed E-state index contributed by atoms with van der Waals surface area (Å²) in [6, 6.07) is 12.0. The number of methoxy groups -OCH3 is 2. The van der Waals surface area contributed by atoms with Crippen LogP contribution in [0.25, 0.3) is 0 Å².